The van der Waals surface area contributed by atoms with Gasteiger partial charge in [-0.15, -0.1) is 0 Å². The number of hydrogen-bond donors (Lipinski definition) is 1. The number of halogens is 3. The Morgan fingerprint density at radius 3 is 2.54 bits per heavy atom. The zero-order valence-corrected chi connectivity index (χ0v) is 8.40. The van der Waals surface area contributed by atoms with Gasteiger partial charge in [-0.2, -0.15) is 5.10 Å². The van der Waals surface area contributed by atoms with Gasteiger partial charge in [0.2, 0.25) is 5.28 Å². The molecule has 0 radical (unpaired) electrons. The van der Waals surface area contributed by atoms with Gasteiger partial charge in [0.05, 0.1) is 6.20 Å². The molecular formula is C6H3Cl3N4. The van der Waals surface area contributed by atoms with E-state index >= 15 is 0 Å². The number of aromatic amines is 1. The minimum absolute atomic E-state index is 0.168. The Bertz CT molecular complexity index is 419. The first-order valence-corrected chi connectivity index (χ1v) is 4.42. The van der Waals surface area contributed by atoms with E-state index in [4.69, 9.17) is 34.8 Å². The summed E-state index contributed by atoms with van der Waals surface area (Å²) in [5, 5.41) is 7.07. The number of aromatic nitrogens is 4. The van der Waals surface area contributed by atoms with Crippen molar-refractivity contribution < 1.29 is 0 Å². The van der Waals surface area contributed by atoms with Crippen molar-refractivity contribution >= 4 is 34.8 Å². The van der Waals surface area contributed by atoms with Crippen LogP contribution in [0.1, 0.15) is 0 Å². The van der Waals surface area contributed by atoms with Crippen molar-refractivity contribution in [3.05, 3.63) is 27.9 Å². The van der Waals surface area contributed by atoms with E-state index in [0.29, 0.717) is 5.82 Å². The third kappa shape index (κ3) is 1.41. The maximum atomic E-state index is 5.84. The molecule has 68 valence electrons. The smallest absolute Gasteiger partial charge is 0.211 e. The summed E-state index contributed by atoms with van der Waals surface area (Å²) in [5.74, 6) is 0.620. The van der Waals surface area contributed by atoms with Crippen LogP contribution in [-0.2, 0) is 0 Å². The van der Waals surface area contributed by atoms with Gasteiger partial charge in [-0.3, -0.25) is 9.67 Å². The maximum Gasteiger partial charge on any atom is 0.211 e. The van der Waals surface area contributed by atoms with Crippen LogP contribution in [0.5, 0.6) is 0 Å². The molecule has 2 heterocycles. The number of imidazole rings is 1. The summed E-state index contributed by atoms with van der Waals surface area (Å²) in [5.41, 5.74) is 0. The van der Waals surface area contributed by atoms with Gasteiger partial charge in [0, 0.05) is 6.07 Å². The fourth-order valence-corrected chi connectivity index (χ4v) is 1.65. The van der Waals surface area contributed by atoms with E-state index in [1.807, 2.05) is 0 Å². The first-order valence-electron chi connectivity index (χ1n) is 3.29. The summed E-state index contributed by atoms with van der Waals surface area (Å²) in [4.78, 5) is 3.78. The lowest BCUT2D eigenvalue weighted by atomic mass is 10.6. The van der Waals surface area contributed by atoms with Gasteiger partial charge in [0.1, 0.15) is 5.82 Å². The fraction of sp³-hybridized carbons (Fsp3) is 0. The van der Waals surface area contributed by atoms with Crippen LogP contribution >= 0.6 is 34.8 Å². The van der Waals surface area contributed by atoms with E-state index in [-0.39, 0.29) is 15.6 Å². The molecule has 0 aromatic carbocycles. The summed E-state index contributed by atoms with van der Waals surface area (Å²) in [6.45, 7) is 0. The monoisotopic (exact) mass is 236 g/mol. The molecule has 0 aliphatic carbocycles. The number of nitrogens with one attached hydrogen (secondary N) is 1. The number of nitrogens with zero attached hydrogens (tertiary/aromatic N) is 3. The second kappa shape index (κ2) is 3.21. The van der Waals surface area contributed by atoms with Gasteiger partial charge in [0.15, 0.2) is 10.3 Å². The van der Waals surface area contributed by atoms with Crippen LogP contribution in [0.15, 0.2) is 12.3 Å². The first-order chi connectivity index (χ1) is 6.20. The van der Waals surface area contributed by atoms with Crippen molar-refractivity contribution in [2.45, 2.75) is 0 Å². The van der Waals surface area contributed by atoms with E-state index in [9.17, 15) is 0 Å². The van der Waals surface area contributed by atoms with Crippen LogP contribution in [0.25, 0.3) is 5.82 Å². The largest absolute Gasteiger partial charge is 0.262 e. The van der Waals surface area contributed by atoms with Crippen molar-refractivity contribution in [3.63, 3.8) is 0 Å². The Labute approximate surface area is 88.4 Å². The molecule has 0 bridgehead atoms. The molecule has 1 N–H and O–H groups in total. The third-order valence-corrected chi connectivity index (χ3v) is 2.43. The van der Waals surface area contributed by atoms with Crippen molar-refractivity contribution in [2.24, 2.45) is 0 Å². The van der Waals surface area contributed by atoms with Crippen LogP contribution in [0.4, 0.5) is 0 Å². The highest BCUT2D eigenvalue weighted by molar-refractivity contribution is 6.42. The van der Waals surface area contributed by atoms with Gasteiger partial charge in [-0.05, 0) is 11.6 Å². The molecule has 0 unspecified atom stereocenters. The molecule has 4 nitrogen and oxygen atoms in total. The Balaban J connectivity index is 2.64. The highest BCUT2D eigenvalue weighted by Crippen LogP contribution is 2.28. The Hall–Kier alpha value is -0.710. The van der Waals surface area contributed by atoms with Crippen LogP contribution in [-0.4, -0.2) is 19.7 Å². The second-order valence-corrected chi connectivity index (χ2v) is 3.29. The first kappa shape index (κ1) is 8.87. The van der Waals surface area contributed by atoms with Gasteiger partial charge < -0.3 is 0 Å². The molecule has 7 heteroatoms. The van der Waals surface area contributed by atoms with Gasteiger partial charge in [-0.25, -0.2) is 4.98 Å². The lowest BCUT2D eigenvalue weighted by molar-refractivity contribution is 0.957. The zero-order chi connectivity index (χ0) is 9.42. The topological polar surface area (TPSA) is 46.5 Å². The SMILES string of the molecule is Clc1nc(Cl)n(-c2ccn[nH]2)c1Cl. The molecule has 0 aliphatic rings. The van der Waals surface area contributed by atoms with Crippen molar-refractivity contribution in [2.75, 3.05) is 0 Å². The predicted octanol–water partition coefficient (Wildman–Crippen LogP) is 2.56. The van der Waals surface area contributed by atoms with Crippen molar-refractivity contribution in [1.29, 1.82) is 0 Å². The second-order valence-electron chi connectivity index (χ2n) is 2.24. The minimum atomic E-state index is 0.168. The van der Waals surface area contributed by atoms with E-state index < -0.39 is 0 Å². The molecule has 0 saturated carbocycles. The summed E-state index contributed by atoms with van der Waals surface area (Å²) in [6, 6.07) is 1.70. The quantitative estimate of drug-likeness (QED) is 0.828. The third-order valence-electron chi connectivity index (χ3n) is 1.47. The molecule has 0 spiro atoms. The fourth-order valence-electron chi connectivity index (χ4n) is 0.929. The minimum Gasteiger partial charge on any atom is -0.262 e. The van der Waals surface area contributed by atoms with E-state index in [0.717, 1.165) is 0 Å². The standard InChI is InChI=1S/C6H3Cl3N4/c7-4-5(8)13(6(9)11-4)3-1-2-10-12-3/h1-2H,(H,10,12). The maximum absolute atomic E-state index is 5.84. The molecule has 2 rings (SSSR count). The summed E-state index contributed by atoms with van der Waals surface area (Å²) >= 11 is 17.3. The zero-order valence-electron chi connectivity index (χ0n) is 6.13. The lowest BCUT2D eigenvalue weighted by Crippen LogP contribution is -1.94. The lowest BCUT2D eigenvalue weighted by Gasteiger charge is -1.99. The van der Waals surface area contributed by atoms with Gasteiger partial charge >= 0.3 is 0 Å². The summed E-state index contributed by atoms with van der Waals surface area (Å²) in [7, 11) is 0. The highest BCUT2D eigenvalue weighted by Gasteiger charge is 2.14. The molecule has 13 heavy (non-hydrogen) atoms. The van der Waals surface area contributed by atoms with Crippen LogP contribution < -0.4 is 0 Å². The average Bonchev–Trinajstić information content (AvgIpc) is 2.63. The molecule has 2 aromatic heterocycles. The molecule has 0 atom stereocenters. The summed E-state index contributed by atoms with van der Waals surface area (Å²) < 4.78 is 1.46. The van der Waals surface area contributed by atoms with Gasteiger partial charge in [0.25, 0.3) is 0 Å². The highest BCUT2D eigenvalue weighted by atomic mass is 35.5. The molecule has 2 aromatic rings. The Morgan fingerprint density at radius 1 is 1.31 bits per heavy atom. The number of rotatable bonds is 1. The molecule has 0 aliphatic heterocycles. The van der Waals surface area contributed by atoms with Gasteiger partial charge in [-0.1, -0.05) is 23.2 Å². The van der Waals surface area contributed by atoms with Crippen LogP contribution in [0.3, 0.4) is 0 Å². The normalized spacial score (nSPS) is 10.7. The van der Waals surface area contributed by atoms with Crippen LogP contribution in [0.2, 0.25) is 15.6 Å². The van der Waals surface area contributed by atoms with Crippen molar-refractivity contribution in [3.8, 4) is 5.82 Å². The van der Waals surface area contributed by atoms with E-state index in [1.54, 1.807) is 12.3 Å². The molecule has 0 saturated heterocycles. The van der Waals surface area contributed by atoms with Crippen LogP contribution in [0, 0.1) is 0 Å². The Morgan fingerprint density at radius 2 is 2.08 bits per heavy atom. The number of H-pyrrole nitrogens is 1. The molecular weight excluding hydrogens is 234 g/mol. The van der Waals surface area contributed by atoms with E-state index in [1.165, 1.54) is 4.57 Å². The molecule has 0 amide bonds. The van der Waals surface area contributed by atoms with Crippen molar-refractivity contribution in [1.82, 2.24) is 19.7 Å². The average molecular weight is 237 g/mol. The number of hydrogen-bond acceptors (Lipinski definition) is 2. The Kier molecular flexibility index (Phi) is 2.19. The summed E-state index contributed by atoms with van der Waals surface area (Å²) in [6.07, 6.45) is 1.58. The predicted molar refractivity (Wildman–Crippen MR) is 50.7 cm³/mol. The van der Waals surface area contributed by atoms with E-state index in [2.05, 4.69) is 15.2 Å². The molecule has 0 fully saturated rings.